The van der Waals surface area contributed by atoms with Crippen molar-refractivity contribution in [2.75, 3.05) is 38.9 Å². The van der Waals surface area contributed by atoms with E-state index >= 15 is 0 Å². The summed E-state index contributed by atoms with van der Waals surface area (Å²) >= 11 is 0. The molecule has 1 amide bonds. The second kappa shape index (κ2) is 10.1. The Kier molecular flexibility index (Phi) is 7.53. The van der Waals surface area contributed by atoms with Crippen molar-refractivity contribution in [1.29, 1.82) is 0 Å². The lowest BCUT2D eigenvalue weighted by Crippen LogP contribution is -2.16. The summed E-state index contributed by atoms with van der Waals surface area (Å²) in [6, 6.07) is 9.22. The molecule has 0 aliphatic rings. The Morgan fingerprint density at radius 3 is 2.42 bits per heavy atom. The third kappa shape index (κ3) is 5.83. The lowest BCUT2D eigenvalue weighted by molar-refractivity contribution is 0.0537. The summed E-state index contributed by atoms with van der Waals surface area (Å²) in [5.74, 6) is -1.29. The number of carbonyl (C=O) groups excluding carboxylic acids is 1. The molecule has 138 valence electrons. The standard InChI is InChI=1S/C18H20N2O6/c1-24-8-9-25-10-11-26-16-7-6-13(12-19-16)20-17(21)14-4-2-3-5-15(14)18(22)23/h2-7,12H,8-11H2,1H3,(H,20,21)(H,22,23). The summed E-state index contributed by atoms with van der Waals surface area (Å²) in [6.45, 7) is 1.78. The molecule has 0 radical (unpaired) electrons. The number of methoxy groups -OCH3 is 1. The average Bonchev–Trinajstić information content (AvgIpc) is 2.65. The number of hydrogen-bond donors (Lipinski definition) is 2. The van der Waals surface area contributed by atoms with Gasteiger partial charge in [0.1, 0.15) is 6.61 Å². The molecule has 2 N–H and O–H groups in total. The van der Waals surface area contributed by atoms with Crippen molar-refractivity contribution in [3.8, 4) is 5.88 Å². The molecule has 1 aromatic heterocycles. The molecule has 0 aliphatic heterocycles. The summed E-state index contributed by atoms with van der Waals surface area (Å²) in [6.07, 6.45) is 1.43. The molecule has 8 heteroatoms. The van der Waals surface area contributed by atoms with Gasteiger partial charge >= 0.3 is 5.97 Å². The Morgan fingerprint density at radius 1 is 1.04 bits per heavy atom. The Bertz CT molecular complexity index is 733. The van der Waals surface area contributed by atoms with E-state index in [9.17, 15) is 9.59 Å². The van der Waals surface area contributed by atoms with Crippen LogP contribution >= 0.6 is 0 Å². The highest BCUT2D eigenvalue weighted by Gasteiger charge is 2.15. The van der Waals surface area contributed by atoms with Gasteiger partial charge in [-0.3, -0.25) is 4.79 Å². The van der Waals surface area contributed by atoms with E-state index < -0.39 is 11.9 Å². The normalized spacial score (nSPS) is 10.3. The number of ether oxygens (including phenoxy) is 3. The van der Waals surface area contributed by atoms with Gasteiger partial charge in [-0.25, -0.2) is 9.78 Å². The molecule has 0 bridgehead atoms. The number of nitrogens with one attached hydrogen (secondary N) is 1. The van der Waals surface area contributed by atoms with Crippen molar-refractivity contribution >= 4 is 17.6 Å². The number of amides is 1. The quantitative estimate of drug-likeness (QED) is 0.625. The molecule has 2 rings (SSSR count). The van der Waals surface area contributed by atoms with Crippen molar-refractivity contribution in [3.63, 3.8) is 0 Å². The largest absolute Gasteiger partial charge is 0.478 e. The first-order valence-electron chi connectivity index (χ1n) is 7.91. The molecular formula is C18H20N2O6. The van der Waals surface area contributed by atoms with E-state index in [1.807, 2.05) is 0 Å². The number of aromatic nitrogens is 1. The second-order valence-electron chi connectivity index (χ2n) is 5.14. The van der Waals surface area contributed by atoms with Gasteiger partial charge in [-0.05, 0) is 18.2 Å². The highest BCUT2D eigenvalue weighted by Crippen LogP contribution is 2.15. The van der Waals surface area contributed by atoms with E-state index in [1.54, 1.807) is 31.4 Å². The molecule has 26 heavy (non-hydrogen) atoms. The SMILES string of the molecule is COCCOCCOc1ccc(NC(=O)c2ccccc2C(=O)O)cn1. The number of benzene rings is 1. The number of carbonyl (C=O) groups is 2. The molecule has 2 aromatic rings. The average molecular weight is 360 g/mol. The van der Waals surface area contributed by atoms with Crippen LogP contribution in [0.1, 0.15) is 20.7 Å². The smallest absolute Gasteiger partial charge is 0.336 e. The first-order chi connectivity index (χ1) is 12.6. The fraction of sp³-hybridized carbons (Fsp3) is 0.278. The zero-order valence-corrected chi connectivity index (χ0v) is 14.3. The number of carboxylic acid groups (broad SMARTS) is 1. The number of aromatic carboxylic acids is 1. The lowest BCUT2D eigenvalue weighted by atomic mass is 10.1. The molecule has 1 aromatic carbocycles. The van der Waals surface area contributed by atoms with E-state index in [1.165, 1.54) is 18.3 Å². The second-order valence-corrected chi connectivity index (χ2v) is 5.14. The van der Waals surface area contributed by atoms with E-state index in [0.717, 1.165) is 0 Å². The zero-order chi connectivity index (χ0) is 18.8. The molecule has 0 aliphatic carbocycles. The summed E-state index contributed by atoms with van der Waals surface area (Å²) in [5, 5.41) is 11.8. The van der Waals surface area contributed by atoms with Crippen LogP contribution in [0.2, 0.25) is 0 Å². The lowest BCUT2D eigenvalue weighted by Gasteiger charge is -2.09. The van der Waals surface area contributed by atoms with Gasteiger partial charge < -0.3 is 24.6 Å². The minimum Gasteiger partial charge on any atom is -0.478 e. The molecule has 0 spiro atoms. The summed E-state index contributed by atoms with van der Waals surface area (Å²) in [4.78, 5) is 27.5. The van der Waals surface area contributed by atoms with Crippen molar-refractivity contribution in [1.82, 2.24) is 4.98 Å². The number of rotatable bonds is 10. The topological polar surface area (TPSA) is 107 Å². The Morgan fingerprint density at radius 2 is 1.77 bits per heavy atom. The summed E-state index contributed by atoms with van der Waals surface area (Å²) in [5.41, 5.74) is 0.443. The van der Waals surface area contributed by atoms with E-state index in [2.05, 4.69) is 10.3 Å². The summed E-state index contributed by atoms with van der Waals surface area (Å²) in [7, 11) is 1.60. The van der Waals surface area contributed by atoms with E-state index in [0.29, 0.717) is 38.0 Å². The fourth-order valence-electron chi connectivity index (χ4n) is 2.06. The van der Waals surface area contributed by atoms with Crippen LogP contribution in [0.3, 0.4) is 0 Å². The van der Waals surface area contributed by atoms with Crippen molar-refractivity contribution < 1.29 is 28.9 Å². The van der Waals surface area contributed by atoms with Crippen LogP contribution in [-0.2, 0) is 9.47 Å². The first-order valence-corrected chi connectivity index (χ1v) is 7.91. The molecule has 0 fully saturated rings. The number of nitrogens with zero attached hydrogens (tertiary/aromatic N) is 1. The van der Waals surface area contributed by atoms with Crippen LogP contribution in [0.4, 0.5) is 5.69 Å². The maximum atomic E-state index is 12.3. The highest BCUT2D eigenvalue weighted by molar-refractivity contribution is 6.10. The molecule has 0 atom stereocenters. The Hall–Kier alpha value is -2.97. The van der Waals surface area contributed by atoms with Crippen LogP contribution in [0.5, 0.6) is 5.88 Å². The van der Waals surface area contributed by atoms with Crippen molar-refractivity contribution in [2.45, 2.75) is 0 Å². The highest BCUT2D eigenvalue weighted by atomic mass is 16.5. The van der Waals surface area contributed by atoms with Gasteiger partial charge in [0.2, 0.25) is 5.88 Å². The minimum atomic E-state index is -1.16. The van der Waals surface area contributed by atoms with Crippen LogP contribution in [-0.4, -0.2) is 55.5 Å². The van der Waals surface area contributed by atoms with Gasteiger partial charge in [-0.2, -0.15) is 0 Å². The van der Waals surface area contributed by atoms with Crippen LogP contribution < -0.4 is 10.1 Å². The van der Waals surface area contributed by atoms with Gasteiger partial charge in [0.15, 0.2) is 0 Å². The predicted molar refractivity (Wildman–Crippen MR) is 93.8 cm³/mol. The number of pyridine rings is 1. The number of hydrogen-bond acceptors (Lipinski definition) is 6. The van der Waals surface area contributed by atoms with Gasteiger partial charge in [0.05, 0.1) is 42.8 Å². The summed E-state index contributed by atoms with van der Waals surface area (Å²) < 4.78 is 15.5. The van der Waals surface area contributed by atoms with Gasteiger partial charge in [0.25, 0.3) is 5.91 Å². The van der Waals surface area contributed by atoms with E-state index in [4.69, 9.17) is 19.3 Å². The number of carboxylic acids is 1. The number of anilines is 1. The van der Waals surface area contributed by atoms with Crippen molar-refractivity contribution in [3.05, 3.63) is 53.7 Å². The zero-order valence-electron chi connectivity index (χ0n) is 14.3. The fourth-order valence-corrected chi connectivity index (χ4v) is 2.06. The molecule has 0 unspecified atom stereocenters. The molecule has 1 heterocycles. The molecule has 0 saturated heterocycles. The van der Waals surface area contributed by atoms with Gasteiger partial charge in [-0.1, -0.05) is 12.1 Å². The van der Waals surface area contributed by atoms with E-state index in [-0.39, 0.29) is 11.1 Å². The minimum absolute atomic E-state index is 0.0635. The third-order valence-corrected chi connectivity index (χ3v) is 3.31. The van der Waals surface area contributed by atoms with Crippen molar-refractivity contribution in [2.24, 2.45) is 0 Å². The first kappa shape index (κ1) is 19.4. The molecule has 0 saturated carbocycles. The van der Waals surface area contributed by atoms with Gasteiger partial charge in [-0.15, -0.1) is 0 Å². The van der Waals surface area contributed by atoms with Crippen LogP contribution in [0.15, 0.2) is 42.6 Å². The maximum absolute atomic E-state index is 12.3. The molecule has 8 nitrogen and oxygen atoms in total. The predicted octanol–water partition coefficient (Wildman–Crippen LogP) is 2.07. The van der Waals surface area contributed by atoms with Crippen LogP contribution in [0.25, 0.3) is 0 Å². The van der Waals surface area contributed by atoms with Gasteiger partial charge in [0, 0.05) is 13.2 Å². The molecular weight excluding hydrogens is 340 g/mol. The maximum Gasteiger partial charge on any atom is 0.336 e. The monoisotopic (exact) mass is 360 g/mol. The Labute approximate surface area is 150 Å². The van der Waals surface area contributed by atoms with Crippen LogP contribution in [0, 0.1) is 0 Å². The Balaban J connectivity index is 1.87. The third-order valence-electron chi connectivity index (χ3n) is 3.31.